The van der Waals surface area contributed by atoms with E-state index in [1.165, 1.54) is 18.4 Å². The largest absolute Gasteiger partial charge is 0.490 e. The summed E-state index contributed by atoms with van der Waals surface area (Å²) in [5.41, 5.74) is 1.21. The maximum atomic E-state index is 5.89. The first-order valence-electron chi connectivity index (χ1n) is 11.9. The van der Waals surface area contributed by atoms with Crippen LogP contribution in [0.15, 0.2) is 30.4 Å². The van der Waals surface area contributed by atoms with Gasteiger partial charge < -0.3 is 24.4 Å². The van der Waals surface area contributed by atoms with Gasteiger partial charge in [-0.05, 0) is 88.2 Å². The molecular formula is C25H38N2O3S. The highest BCUT2D eigenvalue weighted by Crippen LogP contribution is 2.28. The molecule has 5 nitrogen and oxygen atoms in total. The highest BCUT2D eigenvalue weighted by atomic mass is 32.1. The molecule has 3 rings (SSSR count). The Morgan fingerprint density at radius 3 is 2.68 bits per heavy atom. The van der Waals surface area contributed by atoms with Gasteiger partial charge in [0.2, 0.25) is 0 Å². The van der Waals surface area contributed by atoms with Crippen molar-refractivity contribution in [2.24, 2.45) is 5.92 Å². The summed E-state index contributed by atoms with van der Waals surface area (Å²) >= 11 is 5.81. The molecule has 2 aliphatic rings. The van der Waals surface area contributed by atoms with Gasteiger partial charge in [-0.1, -0.05) is 18.2 Å². The quantitative estimate of drug-likeness (QED) is 0.391. The fourth-order valence-electron chi connectivity index (χ4n) is 4.28. The standard InChI is InChI=1S/C25H38N2O3S/c1-3-28-23-13-12-20(17-24(23)29-4-2)14-15-26-25(31)27(19-22-11-8-16-30-22)18-21-9-6-5-7-10-21/h5-6,12-13,17,21-22H,3-4,7-11,14-16,18-19H2,1-2H3,(H,26,31)/t21-,22-/m1/s1. The predicted octanol–water partition coefficient (Wildman–Crippen LogP) is 4.74. The van der Waals surface area contributed by atoms with Gasteiger partial charge in [0.25, 0.3) is 0 Å². The van der Waals surface area contributed by atoms with Crippen LogP contribution in [0.1, 0.15) is 51.5 Å². The Labute approximate surface area is 193 Å². The number of ether oxygens (including phenoxy) is 3. The van der Waals surface area contributed by atoms with Crippen LogP contribution < -0.4 is 14.8 Å². The lowest BCUT2D eigenvalue weighted by molar-refractivity contribution is 0.0874. The second-order valence-electron chi connectivity index (χ2n) is 8.32. The molecule has 1 heterocycles. The molecule has 2 atom stereocenters. The summed E-state index contributed by atoms with van der Waals surface area (Å²) in [6.07, 6.45) is 11.7. The molecule has 0 saturated carbocycles. The fourth-order valence-corrected chi connectivity index (χ4v) is 4.54. The molecule has 1 saturated heterocycles. The van der Waals surface area contributed by atoms with Crippen molar-refractivity contribution in [3.8, 4) is 11.5 Å². The van der Waals surface area contributed by atoms with E-state index in [1.807, 2.05) is 19.9 Å². The Bertz CT molecular complexity index is 719. The van der Waals surface area contributed by atoms with Gasteiger partial charge in [-0.2, -0.15) is 0 Å². The molecule has 0 aromatic heterocycles. The van der Waals surface area contributed by atoms with Crippen LogP contribution in [0.4, 0.5) is 0 Å². The Hall–Kier alpha value is -1.79. The number of hydrogen-bond acceptors (Lipinski definition) is 4. The van der Waals surface area contributed by atoms with Crippen LogP contribution in [-0.4, -0.2) is 55.6 Å². The summed E-state index contributed by atoms with van der Waals surface area (Å²) < 4.78 is 17.3. The molecule has 0 amide bonds. The second-order valence-corrected chi connectivity index (χ2v) is 8.71. The van der Waals surface area contributed by atoms with Crippen LogP contribution >= 0.6 is 12.2 Å². The van der Waals surface area contributed by atoms with E-state index in [2.05, 4.69) is 34.5 Å². The maximum Gasteiger partial charge on any atom is 0.169 e. The third kappa shape index (κ3) is 7.69. The first kappa shape index (κ1) is 23.9. The van der Waals surface area contributed by atoms with E-state index >= 15 is 0 Å². The van der Waals surface area contributed by atoms with E-state index < -0.39 is 0 Å². The van der Waals surface area contributed by atoms with Gasteiger partial charge in [0.15, 0.2) is 16.6 Å². The topological polar surface area (TPSA) is 43.0 Å². The molecule has 1 N–H and O–H groups in total. The van der Waals surface area contributed by atoms with Crippen LogP contribution in [0.3, 0.4) is 0 Å². The van der Waals surface area contributed by atoms with Crippen molar-refractivity contribution in [1.82, 2.24) is 10.2 Å². The highest BCUT2D eigenvalue weighted by molar-refractivity contribution is 7.80. The number of nitrogens with one attached hydrogen (secondary N) is 1. The molecule has 172 valence electrons. The summed E-state index contributed by atoms with van der Waals surface area (Å²) in [6, 6.07) is 6.19. The van der Waals surface area contributed by atoms with E-state index in [-0.39, 0.29) is 0 Å². The van der Waals surface area contributed by atoms with Crippen molar-refractivity contribution in [2.45, 2.75) is 58.5 Å². The van der Waals surface area contributed by atoms with Crippen molar-refractivity contribution in [2.75, 3.05) is 39.5 Å². The minimum Gasteiger partial charge on any atom is -0.490 e. The van der Waals surface area contributed by atoms with Gasteiger partial charge >= 0.3 is 0 Å². The Balaban J connectivity index is 1.54. The van der Waals surface area contributed by atoms with Crippen molar-refractivity contribution in [3.05, 3.63) is 35.9 Å². The number of benzene rings is 1. The summed E-state index contributed by atoms with van der Waals surface area (Å²) in [6.45, 7) is 8.81. The third-order valence-electron chi connectivity index (χ3n) is 5.89. The number of allylic oxidation sites excluding steroid dienone is 2. The van der Waals surface area contributed by atoms with Gasteiger partial charge in [0, 0.05) is 26.2 Å². The maximum absolute atomic E-state index is 5.89. The summed E-state index contributed by atoms with van der Waals surface area (Å²) in [5, 5.41) is 4.35. The summed E-state index contributed by atoms with van der Waals surface area (Å²) in [5.74, 6) is 2.29. The molecule has 1 aromatic rings. The van der Waals surface area contributed by atoms with E-state index in [0.717, 1.165) is 68.5 Å². The highest BCUT2D eigenvalue weighted by Gasteiger charge is 2.23. The fraction of sp³-hybridized carbons (Fsp3) is 0.640. The molecule has 0 unspecified atom stereocenters. The minimum absolute atomic E-state index is 0.304. The Kier molecular flexibility index (Phi) is 9.94. The molecule has 31 heavy (non-hydrogen) atoms. The molecule has 0 spiro atoms. The summed E-state index contributed by atoms with van der Waals surface area (Å²) in [7, 11) is 0. The third-order valence-corrected chi connectivity index (χ3v) is 6.29. The van der Waals surface area contributed by atoms with Crippen molar-refractivity contribution >= 4 is 17.3 Å². The normalized spacial score (nSPS) is 20.5. The van der Waals surface area contributed by atoms with Crippen LogP contribution in [-0.2, 0) is 11.2 Å². The average Bonchev–Trinajstić information content (AvgIpc) is 3.29. The molecule has 1 aromatic carbocycles. The molecule has 0 radical (unpaired) electrons. The molecule has 0 bridgehead atoms. The molecule has 1 fully saturated rings. The molecular weight excluding hydrogens is 408 g/mol. The number of rotatable bonds is 11. The lowest BCUT2D eigenvalue weighted by Gasteiger charge is -2.32. The SMILES string of the molecule is CCOc1ccc(CCNC(=S)N(C[C@@H]2CC=CCC2)C[C@H]2CCCO2)cc1OCC. The van der Waals surface area contributed by atoms with Gasteiger partial charge in [-0.3, -0.25) is 0 Å². The van der Waals surface area contributed by atoms with E-state index in [9.17, 15) is 0 Å². The predicted molar refractivity (Wildman–Crippen MR) is 130 cm³/mol. The van der Waals surface area contributed by atoms with Gasteiger partial charge in [-0.15, -0.1) is 0 Å². The lowest BCUT2D eigenvalue weighted by Crippen LogP contribution is -2.46. The van der Waals surface area contributed by atoms with Crippen molar-refractivity contribution in [1.29, 1.82) is 0 Å². The van der Waals surface area contributed by atoms with Gasteiger partial charge in [0.05, 0.1) is 19.3 Å². The molecule has 6 heteroatoms. The van der Waals surface area contributed by atoms with Crippen molar-refractivity contribution < 1.29 is 14.2 Å². The average molecular weight is 447 g/mol. The zero-order valence-electron chi connectivity index (χ0n) is 19.1. The van der Waals surface area contributed by atoms with Crippen molar-refractivity contribution in [3.63, 3.8) is 0 Å². The summed E-state index contributed by atoms with van der Waals surface area (Å²) in [4.78, 5) is 2.35. The zero-order chi connectivity index (χ0) is 21.9. The Morgan fingerprint density at radius 1 is 1.13 bits per heavy atom. The van der Waals surface area contributed by atoms with E-state index in [0.29, 0.717) is 25.2 Å². The monoisotopic (exact) mass is 446 g/mol. The van der Waals surface area contributed by atoms with Crippen LogP contribution in [0.5, 0.6) is 11.5 Å². The second kappa shape index (κ2) is 12.9. The molecule has 1 aliphatic heterocycles. The number of thiocarbonyl (C=S) groups is 1. The van der Waals surface area contributed by atoms with Gasteiger partial charge in [0.1, 0.15) is 0 Å². The number of hydrogen-bond donors (Lipinski definition) is 1. The zero-order valence-corrected chi connectivity index (χ0v) is 19.9. The minimum atomic E-state index is 0.304. The van der Waals surface area contributed by atoms with E-state index in [4.69, 9.17) is 26.4 Å². The van der Waals surface area contributed by atoms with Gasteiger partial charge in [-0.25, -0.2) is 0 Å². The van der Waals surface area contributed by atoms with Crippen LogP contribution in [0.2, 0.25) is 0 Å². The Morgan fingerprint density at radius 2 is 1.97 bits per heavy atom. The first-order valence-corrected chi connectivity index (χ1v) is 12.3. The van der Waals surface area contributed by atoms with Crippen LogP contribution in [0.25, 0.3) is 0 Å². The molecule has 1 aliphatic carbocycles. The lowest BCUT2D eigenvalue weighted by atomic mass is 9.94. The van der Waals surface area contributed by atoms with E-state index in [1.54, 1.807) is 0 Å². The first-order chi connectivity index (χ1) is 15.2. The smallest absolute Gasteiger partial charge is 0.169 e. The number of nitrogens with zero attached hydrogens (tertiary/aromatic N) is 1. The van der Waals surface area contributed by atoms with Crippen LogP contribution in [0, 0.1) is 5.92 Å².